The maximum Gasteiger partial charge on any atom is 0.261 e. The van der Waals surface area contributed by atoms with Gasteiger partial charge in [-0.3, -0.25) is 9.59 Å². The normalized spacial score (nSPS) is 14.9. The molecule has 1 heterocycles. The first-order valence-corrected chi connectivity index (χ1v) is 9.25. The van der Waals surface area contributed by atoms with E-state index >= 15 is 0 Å². The van der Waals surface area contributed by atoms with Crippen molar-refractivity contribution in [2.24, 2.45) is 5.92 Å². The lowest BCUT2D eigenvalue weighted by Crippen LogP contribution is -2.27. The van der Waals surface area contributed by atoms with Crippen molar-refractivity contribution in [3.8, 4) is 0 Å². The van der Waals surface area contributed by atoms with Crippen molar-refractivity contribution in [3.63, 3.8) is 0 Å². The summed E-state index contributed by atoms with van der Waals surface area (Å²) in [5.74, 6) is 0.141. The first-order valence-electron chi connectivity index (χ1n) is 8.44. The van der Waals surface area contributed by atoms with Crippen LogP contribution in [0.2, 0.25) is 0 Å². The summed E-state index contributed by atoms with van der Waals surface area (Å²) >= 11 is 1.33. The molecule has 1 aromatic carbocycles. The maximum absolute atomic E-state index is 12.5. The van der Waals surface area contributed by atoms with Crippen molar-refractivity contribution in [2.45, 2.75) is 38.6 Å². The molecule has 2 N–H and O–H groups in total. The van der Waals surface area contributed by atoms with Crippen LogP contribution < -0.4 is 10.6 Å². The van der Waals surface area contributed by atoms with Gasteiger partial charge in [-0.15, -0.1) is 11.3 Å². The molecule has 0 bridgehead atoms. The van der Waals surface area contributed by atoms with Crippen molar-refractivity contribution >= 4 is 28.2 Å². The predicted octanol–water partition coefficient (Wildman–Crippen LogP) is 4.37. The highest BCUT2D eigenvalue weighted by molar-refractivity contribution is 7.18. The van der Waals surface area contributed by atoms with Gasteiger partial charge in [-0.05, 0) is 37.0 Å². The van der Waals surface area contributed by atoms with E-state index in [4.69, 9.17) is 0 Å². The van der Waals surface area contributed by atoms with Gasteiger partial charge in [0.05, 0.1) is 15.9 Å². The molecule has 1 fully saturated rings. The molecule has 1 aliphatic rings. The summed E-state index contributed by atoms with van der Waals surface area (Å²) in [6, 6.07) is 13.6. The van der Waals surface area contributed by atoms with Gasteiger partial charge in [-0.25, -0.2) is 0 Å². The van der Waals surface area contributed by atoms with Crippen molar-refractivity contribution in [1.82, 2.24) is 5.32 Å². The molecule has 0 spiro atoms. The molecule has 4 nitrogen and oxygen atoms in total. The minimum Gasteiger partial charge on any atom is -0.345 e. The third-order valence-electron chi connectivity index (χ3n) is 4.11. The number of thiophene rings is 1. The Hall–Kier alpha value is -2.14. The SMILES string of the molecule is CCC[C@H](NC(=O)c1ccc(NC(=O)C2CC2)s1)c1ccccc1. The topological polar surface area (TPSA) is 58.2 Å². The number of benzene rings is 1. The quantitative estimate of drug-likeness (QED) is 0.785. The number of anilines is 1. The fraction of sp³-hybridized carbons (Fsp3) is 0.368. The molecule has 1 atom stereocenters. The van der Waals surface area contributed by atoms with Crippen molar-refractivity contribution in [2.75, 3.05) is 5.32 Å². The Balaban J connectivity index is 1.64. The zero-order valence-electron chi connectivity index (χ0n) is 13.7. The van der Waals surface area contributed by atoms with Crippen LogP contribution in [0.1, 0.15) is 53.9 Å². The molecule has 0 radical (unpaired) electrons. The van der Waals surface area contributed by atoms with Crippen LogP contribution in [0.25, 0.3) is 0 Å². The second-order valence-corrected chi connectivity index (χ2v) is 7.24. The minimum absolute atomic E-state index is 0.00954. The van der Waals surface area contributed by atoms with Gasteiger partial charge in [0.1, 0.15) is 0 Å². The second-order valence-electron chi connectivity index (χ2n) is 6.15. The summed E-state index contributed by atoms with van der Waals surface area (Å²) in [6.45, 7) is 2.11. The number of amides is 2. The zero-order chi connectivity index (χ0) is 16.9. The molecular formula is C19H22N2O2S. The Morgan fingerprint density at radius 1 is 1.17 bits per heavy atom. The molecule has 0 aliphatic heterocycles. The van der Waals surface area contributed by atoms with E-state index < -0.39 is 0 Å². The fourth-order valence-corrected chi connectivity index (χ4v) is 3.43. The molecule has 1 aromatic heterocycles. The lowest BCUT2D eigenvalue weighted by atomic mass is 10.0. The van der Waals surface area contributed by atoms with Crippen LogP contribution in [0.15, 0.2) is 42.5 Å². The number of hydrogen-bond donors (Lipinski definition) is 2. The van der Waals surface area contributed by atoms with Crippen LogP contribution in [-0.2, 0) is 4.79 Å². The van der Waals surface area contributed by atoms with Crippen LogP contribution in [0, 0.1) is 5.92 Å². The Bertz CT molecular complexity index is 707. The molecule has 126 valence electrons. The predicted molar refractivity (Wildman–Crippen MR) is 97.2 cm³/mol. The van der Waals surface area contributed by atoms with Crippen LogP contribution in [-0.4, -0.2) is 11.8 Å². The molecule has 0 unspecified atom stereocenters. The lowest BCUT2D eigenvalue weighted by molar-refractivity contribution is -0.117. The third kappa shape index (κ3) is 4.23. The van der Waals surface area contributed by atoms with E-state index in [1.807, 2.05) is 30.3 Å². The summed E-state index contributed by atoms with van der Waals surface area (Å²) in [4.78, 5) is 25.0. The van der Waals surface area contributed by atoms with E-state index in [2.05, 4.69) is 17.6 Å². The Morgan fingerprint density at radius 2 is 1.92 bits per heavy atom. The van der Waals surface area contributed by atoms with Gasteiger partial charge in [-0.2, -0.15) is 0 Å². The Morgan fingerprint density at radius 3 is 2.58 bits per heavy atom. The Labute approximate surface area is 146 Å². The van der Waals surface area contributed by atoms with E-state index in [1.54, 1.807) is 12.1 Å². The third-order valence-corrected chi connectivity index (χ3v) is 5.11. The molecule has 2 amide bonds. The Kier molecular flexibility index (Phi) is 5.30. The van der Waals surface area contributed by atoms with Crippen LogP contribution in [0.5, 0.6) is 0 Å². The fourth-order valence-electron chi connectivity index (χ4n) is 2.62. The van der Waals surface area contributed by atoms with E-state index in [-0.39, 0.29) is 23.8 Å². The van der Waals surface area contributed by atoms with Gasteiger partial charge in [-0.1, -0.05) is 43.7 Å². The van der Waals surface area contributed by atoms with Crippen LogP contribution in [0.3, 0.4) is 0 Å². The van der Waals surface area contributed by atoms with Gasteiger partial charge in [0.25, 0.3) is 5.91 Å². The van der Waals surface area contributed by atoms with E-state index in [0.29, 0.717) is 4.88 Å². The molecule has 1 saturated carbocycles. The molecule has 0 saturated heterocycles. The number of nitrogens with one attached hydrogen (secondary N) is 2. The first-order chi connectivity index (χ1) is 11.7. The first kappa shape index (κ1) is 16.7. The van der Waals surface area contributed by atoms with Crippen molar-refractivity contribution in [3.05, 3.63) is 52.9 Å². The summed E-state index contributed by atoms with van der Waals surface area (Å²) in [6.07, 6.45) is 3.83. The molecule has 24 heavy (non-hydrogen) atoms. The highest BCUT2D eigenvalue weighted by Gasteiger charge is 2.30. The van der Waals surface area contributed by atoms with Gasteiger partial charge < -0.3 is 10.6 Å². The molecule has 2 aromatic rings. The van der Waals surface area contributed by atoms with E-state index in [1.165, 1.54) is 11.3 Å². The largest absolute Gasteiger partial charge is 0.345 e. The maximum atomic E-state index is 12.5. The standard InChI is InChI=1S/C19H22N2O2S/c1-2-6-15(13-7-4-3-5-8-13)20-19(23)16-11-12-17(24-16)21-18(22)14-9-10-14/h3-5,7-8,11-12,14-15H,2,6,9-10H2,1H3,(H,20,23)(H,21,22)/t15-/m0/s1. The average Bonchev–Trinajstić information content (AvgIpc) is 3.35. The molecule has 5 heteroatoms. The number of carbonyl (C=O) groups is 2. The number of hydrogen-bond acceptors (Lipinski definition) is 3. The highest BCUT2D eigenvalue weighted by Crippen LogP contribution is 2.31. The van der Waals surface area contributed by atoms with Crippen molar-refractivity contribution in [1.29, 1.82) is 0 Å². The summed E-state index contributed by atoms with van der Waals surface area (Å²) < 4.78 is 0. The highest BCUT2D eigenvalue weighted by atomic mass is 32.1. The zero-order valence-corrected chi connectivity index (χ0v) is 14.6. The van der Waals surface area contributed by atoms with Gasteiger partial charge >= 0.3 is 0 Å². The van der Waals surface area contributed by atoms with Gasteiger partial charge in [0.15, 0.2) is 0 Å². The van der Waals surface area contributed by atoms with E-state index in [9.17, 15) is 9.59 Å². The van der Waals surface area contributed by atoms with Gasteiger partial charge in [0, 0.05) is 5.92 Å². The van der Waals surface area contributed by atoms with Crippen LogP contribution in [0.4, 0.5) is 5.00 Å². The van der Waals surface area contributed by atoms with Crippen LogP contribution >= 0.6 is 11.3 Å². The minimum atomic E-state index is -0.0887. The molecule has 3 rings (SSSR count). The van der Waals surface area contributed by atoms with Gasteiger partial charge in [0.2, 0.25) is 5.91 Å². The second kappa shape index (κ2) is 7.62. The molecular weight excluding hydrogens is 320 g/mol. The summed E-state index contributed by atoms with van der Waals surface area (Å²) in [7, 11) is 0. The monoisotopic (exact) mass is 342 g/mol. The van der Waals surface area contributed by atoms with E-state index in [0.717, 1.165) is 36.2 Å². The molecule has 1 aliphatic carbocycles. The lowest BCUT2D eigenvalue weighted by Gasteiger charge is -2.18. The number of rotatable bonds is 7. The number of carbonyl (C=O) groups excluding carboxylic acids is 2. The van der Waals surface area contributed by atoms with Crippen molar-refractivity contribution < 1.29 is 9.59 Å². The summed E-state index contributed by atoms with van der Waals surface area (Å²) in [5.41, 5.74) is 1.12. The smallest absolute Gasteiger partial charge is 0.261 e. The summed E-state index contributed by atoms with van der Waals surface area (Å²) in [5, 5.41) is 6.74. The average molecular weight is 342 g/mol.